The first-order valence-electron chi connectivity index (χ1n) is 6.00. The standard InChI is InChI=1S/C15H13BrO3S/c1-9-6-13(10(2)20-9)15(18)19-8-14(17)11-4-3-5-12(16)7-11/h3-7H,8H2,1-2H3. The predicted octanol–water partition coefficient (Wildman–Crippen LogP) is 4.17. The number of hydrogen-bond donors (Lipinski definition) is 0. The van der Waals surface area contributed by atoms with Crippen LogP contribution in [-0.4, -0.2) is 18.4 Å². The molecular weight excluding hydrogens is 340 g/mol. The number of Topliss-reactive ketones (excluding diaryl/α,β-unsaturated/α-hetero) is 1. The van der Waals surface area contributed by atoms with Crippen LogP contribution in [0.2, 0.25) is 0 Å². The number of carbonyl (C=O) groups is 2. The molecule has 2 rings (SSSR count). The summed E-state index contributed by atoms with van der Waals surface area (Å²) in [6, 6.07) is 8.79. The third-order valence-corrected chi connectivity index (χ3v) is 4.20. The molecule has 0 aliphatic heterocycles. The molecule has 0 saturated carbocycles. The molecule has 20 heavy (non-hydrogen) atoms. The van der Waals surface area contributed by atoms with Crippen LogP contribution in [0.15, 0.2) is 34.8 Å². The Bertz CT molecular complexity index is 661. The molecule has 0 saturated heterocycles. The maximum Gasteiger partial charge on any atom is 0.339 e. The molecule has 1 aromatic heterocycles. The molecule has 0 unspecified atom stereocenters. The van der Waals surface area contributed by atoms with E-state index in [1.165, 1.54) is 11.3 Å². The van der Waals surface area contributed by atoms with Crippen LogP contribution < -0.4 is 0 Å². The Morgan fingerprint density at radius 1 is 1.25 bits per heavy atom. The number of carbonyl (C=O) groups excluding carboxylic acids is 2. The average Bonchev–Trinajstić information content (AvgIpc) is 2.74. The molecule has 0 fully saturated rings. The van der Waals surface area contributed by atoms with Crippen molar-refractivity contribution in [3.8, 4) is 0 Å². The number of ketones is 1. The van der Waals surface area contributed by atoms with Gasteiger partial charge in [-0.2, -0.15) is 0 Å². The third kappa shape index (κ3) is 3.55. The maximum atomic E-state index is 11.9. The number of ether oxygens (including phenoxy) is 1. The minimum absolute atomic E-state index is 0.218. The first kappa shape index (κ1) is 14.9. The monoisotopic (exact) mass is 352 g/mol. The summed E-state index contributed by atoms with van der Waals surface area (Å²) in [5.41, 5.74) is 1.06. The molecule has 0 amide bonds. The van der Waals surface area contributed by atoms with Crippen LogP contribution in [0.3, 0.4) is 0 Å². The first-order chi connectivity index (χ1) is 9.47. The van der Waals surface area contributed by atoms with E-state index >= 15 is 0 Å². The van der Waals surface area contributed by atoms with Crippen molar-refractivity contribution in [3.63, 3.8) is 0 Å². The lowest BCUT2D eigenvalue weighted by atomic mass is 10.1. The first-order valence-corrected chi connectivity index (χ1v) is 7.61. The fourth-order valence-electron chi connectivity index (χ4n) is 1.79. The van der Waals surface area contributed by atoms with E-state index in [0.717, 1.165) is 14.2 Å². The number of hydrogen-bond acceptors (Lipinski definition) is 4. The van der Waals surface area contributed by atoms with Crippen LogP contribution in [0.5, 0.6) is 0 Å². The summed E-state index contributed by atoms with van der Waals surface area (Å²) in [5.74, 6) is -0.667. The SMILES string of the molecule is Cc1cc(C(=O)OCC(=O)c2cccc(Br)c2)c(C)s1. The fraction of sp³-hybridized carbons (Fsp3) is 0.200. The van der Waals surface area contributed by atoms with Gasteiger partial charge in [-0.1, -0.05) is 28.1 Å². The smallest absolute Gasteiger partial charge is 0.339 e. The van der Waals surface area contributed by atoms with Crippen LogP contribution in [0.1, 0.15) is 30.5 Å². The van der Waals surface area contributed by atoms with Crippen LogP contribution in [0.25, 0.3) is 0 Å². The summed E-state index contributed by atoms with van der Waals surface area (Å²) in [4.78, 5) is 25.8. The molecule has 0 aliphatic carbocycles. The van der Waals surface area contributed by atoms with Crippen molar-refractivity contribution in [1.82, 2.24) is 0 Å². The van der Waals surface area contributed by atoms with E-state index in [1.54, 1.807) is 24.3 Å². The fourth-order valence-corrected chi connectivity index (χ4v) is 3.10. The lowest BCUT2D eigenvalue weighted by Crippen LogP contribution is -2.14. The van der Waals surface area contributed by atoms with Crippen molar-refractivity contribution in [2.75, 3.05) is 6.61 Å². The number of rotatable bonds is 4. The second-order valence-electron chi connectivity index (χ2n) is 4.34. The molecule has 0 atom stereocenters. The average molecular weight is 353 g/mol. The number of halogens is 1. The summed E-state index contributed by atoms with van der Waals surface area (Å²) in [7, 11) is 0. The second kappa shape index (κ2) is 6.33. The summed E-state index contributed by atoms with van der Waals surface area (Å²) < 4.78 is 5.90. The Labute approximate surface area is 129 Å². The topological polar surface area (TPSA) is 43.4 Å². The third-order valence-electron chi connectivity index (χ3n) is 2.74. The summed E-state index contributed by atoms with van der Waals surface area (Å²) in [5, 5.41) is 0. The molecule has 0 spiro atoms. The maximum absolute atomic E-state index is 11.9. The Kier molecular flexibility index (Phi) is 4.73. The van der Waals surface area contributed by atoms with Crippen LogP contribution in [0, 0.1) is 13.8 Å². The summed E-state index contributed by atoms with van der Waals surface area (Å²) >= 11 is 4.84. The van der Waals surface area contributed by atoms with Gasteiger partial charge in [-0.3, -0.25) is 4.79 Å². The van der Waals surface area contributed by atoms with Crippen molar-refractivity contribution in [1.29, 1.82) is 0 Å². The molecule has 1 aromatic carbocycles. The molecule has 0 bridgehead atoms. The van der Waals surface area contributed by atoms with Gasteiger partial charge >= 0.3 is 5.97 Å². The van der Waals surface area contributed by atoms with E-state index in [1.807, 2.05) is 19.9 Å². The second-order valence-corrected chi connectivity index (χ2v) is 6.71. The van der Waals surface area contributed by atoms with Crippen molar-refractivity contribution in [3.05, 3.63) is 55.7 Å². The van der Waals surface area contributed by atoms with Crippen LogP contribution in [-0.2, 0) is 4.74 Å². The van der Waals surface area contributed by atoms with Gasteiger partial charge < -0.3 is 4.74 Å². The summed E-state index contributed by atoms with van der Waals surface area (Å²) in [6.45, 7) is 3.55. The Balaban J connectivity index is 2.00. The van der Waals surface area contributed by atoms with Crippen molar-refractivity contribution >= 4 is 39.0 Å². The van der Waals surface area contributed by atoms with Crippen molar-refractivity contribution in [2.24, 2.45) is 0 Å². The zero-order chi connectivity index (χ0) is 14.7. The van der Waals surface area contributed by atoms with Crippen molar-refractivity contribution < 1.29 is 14.3 Å². The quantitative estimate of drug-likeness (QED) is 0.612. The normalized spacial score (nSPS) is 10.3. The van der Waals surface area contributed by atoms with Gasteiger partial charge in [0.25, 0.3) is 0 Å². The lowest BCUT2D eigenvalue weighted by Gasteiger charge is -2.04. The number of aryl methyl sites for hydroxylation is 2. The molecule has 2 aromatic rings. The molecule has 5 heteroatoms. The highest BCUT2D eigenvalue weighted by Crippen LogP contribution is 2.21. The van der Waals surface area contributed by atoms with Gasteiger partial charge in [0.05, 0.1) is 5.56 Å². The molecule has 3 nitrogen and oxygen atoms in total. The van der Waals surface area contributed by atoms with Gasteiger partial charge in [-0.25, -0.2) is 4.79 Å². The van der Waals surface area contributed by atoms with Gasteiger partial charge in [-0.05, 0) is 32.0 Å². The zero-order valence-corrected chi connectivity index (χ0v) is 13.5. The number of esters is 1. The predicted molar refractivity (Wildman–Crippen MR) is 82.5 cm³/mol. The minimum Gasteiger partial charge on any atom is -0.454 e. The van der Waals surface area contributed by atoms with E-state index < -0.39 is 5.97 Å². The Hall–Kier alpha value is -1.46. The highest BCUT2D eigenvalue weighted by molar-refractivity contribution is 9.10. The molecule has 0 radical (unpaired) electrons. The highest BCUT2D eigenvalue weighted by atomic mass is 79.9. The van der Waals surface area contributed by atoms with Gasteiger partial charge in [0.1, 0.15) is 0 Å². The zero-order valence-electron chi connectivity index (χ0n) is 11.1. The van der Waals surface area contributed by atoms with Crippen LogP contribution >= 0.6 is 27.3 Å². The highest BCUT2D eigenvalue weighted by Gasteiger charge is 2.15. The number of benzene rings is 1. The summed E-state index contributed by atoms with van der Waals surface area (Å²) in [6.07, 6.45) is 0. The molecule has 104 valence electrons. The van der Waals surface area contributed by atoms with Crippen molar-refractivity contribution in [2.45, 2.75) is 13.8 Å². The largest absolute Gasteiger partial charge is 0.454 e. The minimum atomic E-state index is -0.449. The van der Waals surface area contributed by atoms with E-state index in [0.29, 0.717) is 11.1 Å². The van der Waals surface area contributed by atoms with E-state index in [9.17, 15) is 9.59 Å². The van der Waals surface area contributed by atoms with Gasteiger partial charge in [0.15, 0.2) is 12.4 Å². The lowest BCUT2D eigenvalue weighted by molar-refractivity contribution is 0.0474. The molecule has 1 heterocycles. The molecule has 0 aliphatic rings. The number of thiophene rings is 1. The van der Waals surface area contributed by atoms with E-state index in [4.69, 9.17) is 4.74 Å². The van der Waals surface area contributed by atoms with E-state index in [-0.39, 0.29) is 12.4 Å². The van der Waals surface area contributed by atoms with Crippen LogP contribution in [0.4, 0.5) is 0 Å². The molecule has 0 N–H and O–H groups in total. The van der Waals surface area contributed by atoms with Gasteiger partial charge in [0, 0.05) is 19.8 Å². The Morgan fingerprint density at radius 3 is 2.60 bits per heavy atom. The van der Waals surface area contributed by atoms with Gasteiger partial charge in [-0.15, -0.1) is 11.3 Å². The van der Waals surface area contributed by atoms with Gasteiger partial charge in [0.2, 0.25) is 0 Å². The Morgan fingerprint density at radius 2 is 2.00 bits per heavy atom. The van der Waals surface area contributed by atoms with E-state index in [2.05, 4.69) is 15.9 Å². The molecular formula is C15H13BrO3S.